The summed E-state index contributed by atoms with van der Waals surface area (Å²) in [6.07, 6.45) is 0. The van der Waals surface area contributed by atoms with E-state index in [1.807, 2.05) is 12.1 Å². The second-order valence-electron chi connectivity index (χ2n) is 3.32. The number of aromatic nitrogens is 2. The molecule has 0 spiro atoms. The monoisotopic (exact) mass is 234 g/mol. The molecule has 1 aromatic carbocycles. The number of halogens is 1. The molecule has 82 valence electrons. The van der Waals surface area contributed by atoms with Gasteiger partial charge in [-0.2, -0.15) is 0 Å². The van der Waals surface area contributed by atoms with Crippen LogP contribution in [0.1, 0.15) is 5.69 Å². The molecular formula is C11H11ClN4. The Bertz CT molecular complexity index is 496. The van der Waals surface area contributed by atoms with Gasteiger partial charge >= 0.3 is 0 Å². The molecule has 0 aliphatic heterocycles. The van der Waals surface area contributed by atoms with Crippen molar-refractivity contribution < 1.29 is 0 Å². The average molecular weight is 235 g/mol. The number of nitrogens with zero attached hydrogens (tertiary/aromatic N) is 2. The third kappa shape index (κ3) is 2.29. The lowest BCUT2D eigenvalue weighted by atomic mass is 10.2. The van der Waals surface area contributed by atoms with Gasteiger partial charge < -0.3 is 11.5 Å². The van der Waals surface area contributed by atoms with Crippen molar-refractivity contribution in [2.45, 2.75) is 6.54 Å². The topological polar surface area (TPSA) is 77.8 Å². The summed E-state index contributed by atoms with van der Waals surface area (Å²) >= 11 is 5.80. The van der Waals surface area contributed by atoms with Crippen molar-refractivity contribution in [2.75, 3.05) is 5.73 Å². The molecule has 2 aromatic rings. The summed E-state index contributed by atoms with van der Waals surface area (Å²) in [5, 5.41) is 0.673. The minimum absolute atomic E-state index is 0.341. The fourth-order valence-corrected chi connectivity index (χ4v) is 1.48. The zero-order valence-corrected chi connectivity index (χ0v) is 9.28. The van der Waals surface area contributed by atoms with Crippen molar-refractivity contribution in [3.8, 4) is 11.4 Å². The molecule has 0 fully saturated rings. The summed E-state index contributed by atoms with van der Waals surface area (Å²) in [6, 6.07) is 8.92. The van der Waals surface area contributed by atoms with Crippen molar-refractivity contribution in [1.82, 2.24) is 9.97 Å². The lowest BCUT2D eigenvalue weighted by Crippen LogP contribution is -2.04. The van der Waals surface area contributed by atoms with Crippen LogP contribution in [-0.2, 0) is 6.54 Å². The van der Waals surface area contributed by atoms with E-state index >= 15 is 0 Å². The summed E-state index contributed by atoms with van der Waals surface area (Å²) in [4.78, 5) is 8.44. The molecule has 4 nitrogen and oxygen atoms in total. The van der Waals surface area contributed by atoms with Crippen LogP contribution in [0.15, 0.2) is 30.3 Å². The summed E-state index contributed by atoms with van der Waals surface area (Å²) in [5.74, 6) is 0.984. The molecule has 5 heteroatoms. The van der Waals surface area contributed by atoms with Crippen molar-refractivity contribution >= 4 is 17.4 Å². The standard InChI is InChI=1S/C11H11ClN4/c12-8-3-1-7(2-4-8)11-15-9(6-13)5-10(14)16-11/h1-5H,6,13H2,(H2,14,15,16). The van der Waals surface area contributed by atoms with Gasteiger partial charge in [-0.05, 0) is 24.3 Å². The Hall–Kier alpha value is -1.65. The van der Waals surface area contributed by atoms with Crippen molar-refractivity contribution in [2.24, 2.45) is 5.73 Å². The Labute approximate surface area is 98.3 Å². The summed E-state index contributed by atoms with van der Waals surface area (Å²) in [5.41, 5.74) is 12.8. The smallest absolute Gasteiger partial charge is 0.161 e. The number of nitrogen functional groups attached to an aromatic ring is 1. The van der Waals surface area contributed by atoms with Gasteiger partial charge in [0.2, 0.25) is 0 Å². The van der Waals surface area contributed by atoms with E-state index in [9.17, 15) is 0 Å². The van der Waals surface area contributed by atoms with E-state index in [-0.39, 0.29) is 0 Å². The molecule has 16 heavy (non-hydrogen) atoms. The van der Waals surface area contributed by atoms with Gasteiger partial charge in [0.15, 0.2) is 5.82 Å². The van der Waals surface area contributed by atoms with Gasteiger partial charge in [0, 0.05) is 23.2 Å². The van der Waals surface area contributed by atoms with E-state index in [1.54, 1.807) is 18.2 Å². The highest BCUT2D eigenvalue weighted by molar-refractivity contribution is 6.30. The minimum atomic E-state index is 0.341. The first-order valence-corrected chi connectivity index (χ1v) is 5.16. The second kappa shape index (κ2) is 4.47. The Morgan fingerprint density at radius 1 is 1.12 bits per heavy atom. The lowest BCUT2D eigenvalue weighted by molar-refractivity contribution is 0.973. The SMILES string of the molecule is NCc1cc(N)nc(-c2ccc(Cl)cc2)n1. The Morgan fingerprint density at radius 2 is 1.81 bits per heavy atom. The van der Waals surface area contributed by atoms with Gasteiger partial charge in [-0.15, -0.1) is 0 Å². The van der Waals surface area contributed by atoms with Crippen LogP contribution in [0.25, 0.3) is 11.4 Å². The van der Waals surface area contributed by atoms with Crippen LogP contribution in [0, 0.1) is 0 Å². The first-order chi connectivity index (χ1) is 7.69. The molecule has 4 N–H and O–H groups in total. The van der Waals surface area contributed by atoms with Crippen molar-refractivity contribution in [3.63, 3.8) is 0 Å². The fourth-order valence-electron chi connectivity index (χ4n) is 1.35. The maximum atomic E-state index is 5.80. The average Bonchev–Trinajstić information content (AvgIpc) is 2.29. The van der Waals surface area contributed by atoms with E-state index in [0.29, 0.717) is 23.2 Å². The number of benzene rings is 1. The Morgan fingerprint density at radius 3 is 2.44 bits per heavy atom. The fraction of sp³-hybridized carbons (Fsp3) is 0.0909. The molecule has 0 unspecified atom stereocenters. The molecule has 0 bridgehead atoms. The van der Waals surface area contributed by atoms with E-state index in [2.05, 4.69) is 9.97 Å². The van der Waals surface area contributed by atoms with Gasteiger partial charge in [-0.1, -0.05) is 11.6 Å². The highest BCUT2D eigenvalue weighted by Crippen LogP contribution is 2.19. The number of nitrogens with two attached hydrogens (primary N) is 2. The second-order valence-corrected chi connectivity index (χ2v) is 3.76. The Balaban J connectivity index is 2.47. The van der Waals surface area contributed by atoms with Crippen LogP contribution in [0.4, 0.5) is 5.82 Å². The van der Waals surface area contributed by atoms with Crippen LogP contribution in [0.5, 0.6) is 0 Å². The summed E-state index contributed by atoms with van der Waals surface area (Å²) in [6.45, 7) is 0.341. The van der Waals surface area contributed by atoms with Crippen LogP contribution >= 0.6 is 11.6 Å². The largest absolute Gasteiger partial charge is 0.384 e. The van der Waals surface area contributed by atoms with Crippen molar-refractivity contribution in [1.29, 1.82) is 0 Å². The predicted octanol–water partition coefficient (Wildman–Crippen LogP) is 1.84. The zero-order valence-electron chi connectivity index (χ0n) is 8.52. The molecule has 0 atom stereocenters. The maximum absolute atomic E-state index is 5.80. The van der Waals surface area contributed by atoms with Gasteiger partial charge in [0.25, 0.3) is 0 Å². The highest BCUT2D eigenvalue weighted by atomic mass is 35.5. The summed E-state index contributed by atoms with van der Waals surface area (Å²) in [7, 11) is 0. The first-order valence-electron chi connectivity index (χ1n) is 4.78. The number of rotatable bonds is 2. The van der Waals surface area contributed by atoms with Crippen molar-refractivity contribution in [3.05, 3.63) is 41.0 Å². The van der Waals surface area contributed by atoms with Gasteiger partial charge in [0.1, 0.15) is 5.82 Å². The number of anilines is 1. The normalized spacial score (nSPS) is 10.4. The first kappa shape index (κ1) is 10.9. The molecule has 1 heterocycles. The molecule has 0 saturated heterocycles. The van der Waals surface area contributed by atoms with E-state index in [0.717, 1.165) is 11.3 Å². The molecule has 0 aliphatic rings. The van der Waals surface area contributed by atoms with Crippen LogP contribution < -0.4 is 11.5 Å². The molecule has 0 saturated carbocycles. The number of hydrogen-bond donors (Lipinski definition) is 2. The van der Waals surface area contributed by atoms with Crippen LogP contribution in [-0.4, -0.2) is 9.97 Å². The van der Waals surface area contributed by atoms with E-state index < -0.39 is 0 Å². The van der Waals surface area contributed by atoms with Crippen LogP contribution in [0.3, 0.4) is 0 Å². The predicted molar refractivity (Wildman–Crippen MR) is 64.8 cm³/mol. The zero-order chi connectivity index (χ0) is 11.5. The number of hydrogen-bond acceptors (Lipinski definition) is 4. The van der Waals surface area contributed by atoms with Crippen LogP contribution in [0.2, 0.25) is 5.02 Å². The maximum Gasteiger partial charge on any atom is 0.161 e. The summed E-state index contributed by atoms with van der Waals surface area (Å²) < 4.78 is 0. The molecule has 2 rings (SSSR count). The molecule has 0 amide bonds. The minimum Gasteiger partial charge on any atom is -0.384 e. The quantitative estimate of drug-likeness (QED) is 0.831. The molecule has 0 aliphatic carbocycles. The van der Waals surface area contributed by atoms with Gasteiger partial charge in [-0.25, -0.2) is 9.97 Å². The molecular weight excluding hydrogens is 224 g/mol. The molecule has 1 aromatic heterocycles. The van der Waals surface area contributed by atoms with E-state index in [4.69, 9.17) is 23.1 Å². The third-order valence-corrected chi connectivity index (χ3v) is 2.36. The highest BCUT2D eigenvalue weighted by Gasteiger charge is 2.04. The third-order valence-electron chi connectivity index (χ3n) is 2.11. The Kier molecular flexibility index (Phi) is 3.03. The van der Waals surface area contributed by atoms with Gasteiger partial charge in [0.05, 0.1) is 5.69 Å². The molecule has 0 radical (unpaired) electrons. The lowest BCUT2D eigenvalue weighted by Gasteiger charge is -2.04. The van der Waals surface area contributed by atoms with E-state index in [1.165, 1.54) is 0 Å². The van der Waals surface area contributed by atoms with Gasteiger partial charge in [-0.3, -0.25) is 0 Å².